The summed E-state index contributed by atoms with van der Waals surface area (Å²) in [7, 11) is 3.88. The molecule has 0 spiro atoms. The molecule has 0 saturated heterocycles. The first kappa shape index (κ1) is 17.9. The van der Waals surface area contributed by atoms with E-state index >= 15 is 0 Å². The molecular weight excluding hydrogens is 281 g/mol. The number of likely N-dealkylation sites (N-methyl/N-ethyl adjacent to an activating group) is 1. The molecule has 1 rings (SSSR count). The van der Waals surface area contributed by atoms with Gasteiger partial charge in [-0.25, -0.2) is 0 Å². The molecule has 0 bridgehead atoms. The number of nitrogens with zero attached hydrogens (tertiary/aromatic N) is 1. The maximum absolute atomic E-state index is 12.6. The Morgan fingerprint density at radius 2 is 1.81 bits per heavy atom. The highest BCUT2D eigenvalue weighted by Crippen LogP contribution is 2.29. The van der Waals surface area contributed by atoms with Crippen molar-refractivity contribution in [2.45, 2.75) is 18.6 Å². The van der Waals surface area contributed by atoms with Crippen molar-refractivity contribution in [1.82, 2.24) is 10.2 Å². The van der Waals surface area contributed by atoms with E-state index in [1.165, 1.54) is 0 Å². The van der Waals surface area contributed by atoms with Crippen LogP contribution in [-0.2, 0) is 4.74 Å². The molecule has 0 aliphatic heterocycles. The minimum absolute atomic E-state index is 0.392. The second kappa shape index (κ2) is 9.02. The zero-order chi connectivity index (χ0) is 15.7. The van der Waals surface area contributed by atoms with E-state index < -0.39 is 18.6 Å². The van der Waals surface area contributed by atoms with E-state index in [4.69, 9.17) is 4.74 Å². The number of hydrogen-bond donors (Lipinski definition) is 1. The van der Waals surface area contributed by atoms with E-state index in [2.05, 4.69) is 5.32 Å². The van der Waals surface area contributed by atoms with E-state index in [1.54, 1.807) is 30.3 Å². The molecule has 0 heterocycles. The topological polar surface area (TPSA) is 24.5 Å². The van der Waals surface area contributed by atoms with Gasteiger partial charge in [-0.3, -0.25) is 0 Å². The van der Waals surface area contributed by atoms with Crippen LogP contribution in [0.1, 0.15) is 18.0 Å². The van der Waals surface area contributed by atoms with Gasteiger partial charge in [-0.05, 0) is 19.7 Å². The molecule has 0 aliphatic rings. The van der Waals surface area contributed by atoms with Crippen LogP contribution in [0, 0.1) is 0 Å². The molecule has 120 valence electrons. The summed E-state index contributed by atoms with van der Waals surface area (Å²) >= 11 is 0. The summed E-state index contributed by atoms with van der Waals surface area (Å²) in [5.41, 5.74) is 0.642. The normalized spacial score (nSPS) is 13.6. The van der Waals surface area contributed by atoms with E-state index in [0.29, 0.717) is 25.3 Å². The number of hydrogen-bond acceptors (Lipinski definition) is 3. The third-order valence-corrected chi connectivity index (χ3v) is 2.96. The molecule has 1 unspecified atom stereocenters. The standard InChI is InChI=1S/C15H23F3N2O/c1-20(2)9-11-21-10-8-19-14(12-15(16,17)18)13-6-4-3-5-7-13/h3-7,14,19H,8-12H2,1-2H3. The highest BCUT2D eigenvalue weighted by atomic mass is 19.4. The molecule has 0 amide bonds. The van der Waals surface area contributed by atoms with Crippen LogP contribution in [0.5, 0.6) is 0 Å². The van der Waals surface area contributed by atoms with E-state index in [1.807, 2.05) is 19.0 Å². The van der Waals surface area contributed by atoms with Gasteiger partial charge in [-0.1, -0.05) is 30.3 Å². The summed E-state index contributed by atoms with van der Waals surface area (Å²) in [5.74, 6) is 0. The van der Waals surface area contributed by atoms with Crippen molar-refractivity contribution in [2.24, 2.45) is 0 Å². The third kappa shape index (κ3) is 8.70. The Morgan fingerprint density at radius 3 is 2.38 bits per heavy atom. The van der Waals surface area contributed by atoms with Gasteiger partial charge in [-0.2, -0.15) is 13.2 Å². The summed E-state index contributed by atoms with van der Waals surface area (Å²) in [5, 5.41) is 2.92. The fraction of sp³-hybridized carbons (Fsp3) is 0.600. The van der Waals surface area contributed by atoms with Gasteiger partial charge in [0.05, 0.1) is 19.6 Å². The molecule has 0 saturated carbocycles. The van der Waals surface area contributed by atoms with Gasteiger partial charge < -0.3 is 15.0 Å². The SMILES string of the molecule is CN(C)CCOCCNC(CC(F)(F)F)c1ccccc1. The van der Waals surface area contributed by atoms with E-state index in [0.717, 1.165) is 6.54 Å². The van der Waals surface area contributed by atoms with Gasteiger partial charge in [0.15, 0.2) is 0 Å². The Bertz CT molecular complexity index is 382. The molecule has 0 fully saturated rings. The predicted octanol–water partition coefficient (Wildman–Crippen LogP) is 2.85. The molecule has 1 aromatic carbocycles. The average Bonchev–Trinajstić information content (AvgIpc) is 2.40. The molecule has 1 N–H and O–H groups in total. The summed E-state index contributed by atoms with van der Waals surface area (Å²) in [6.45, 7) is 2.16. The number of benzene rings is 1. The number of ether oxygens (including phenoxy) is 1. The monoisotopic (exact) mass is 304 g/mol. The highest BCUT2D eigenvalue weighted by Gasteiger charge is 2.32. The zero-order valence-electron chi connectivity index (χ0n) is 12.5. The van der Waals surface area contributed by atoms with E-state index in [9.17, 15) is 13.2 Å². The van der Waals surface area contributed by atoms with Crippen LogP contribution in [-0.4, -0.2) is 51.5 Å². The first-order valence-electron chi connectivity index (χ1n) is 6.96. The van der Waals surface area contributed by atoms with Gasteiger partial charge in [0.2, 0.25) is 0 Å². The van der Waals surface area contributed by atoms with Gasteiger partial charge in [-0.15, -0.1) is 0 Å². The number of alkyl halides is 3. The smallest absolute Gasteiger partial charge is 0.379 e. The lowest BCUT2D eigenvalue weighted by Crippen LogP contribution is -2.30. The van der Waals surface area contributed by atoms with Gasteiger partial charge in [0.1, 0.15) is 0 Å². The summed E-state index contributed by atoms with van der Waals surface area (Å²) < 4.78 is 43.3. The first-order chi connectivity index (χ1) is 9.88. The fourth-order valence-corrected chi connectivity index (χ4v) is 1.88. The lowest BCUT2D eigenvalue weighted by molar-refractivity contribution is -0.140. The predicted molar refractivity (Wildman–Crippen MR) is 77.2 cm³/mol. The van der Waals surface area contributed by atoms with Crippen molar-refractivity contribution >= 4 is 0 Å². The van der Waals surface area contributed by atoms with Crippen LogP contribution in [0.3, 0.4) is 0 Å². The van der Waals surface area contributed by atoms with Gasteiger partial charge in [0, 0.05) is 19.1 Å². The van der Waals surface area contributed by atoms with Gasteiger partial charge >= 0.3 is 6.18 Å². The molecule has 21 heavy (non-hydrogen) atoms. The van der Waals surface area contributed by atoms with Crippen LogP contribution >= 0.6 is 0 Å². The Kier molecular flexibility index (Phi) is 7.71. The van der Waals surface area contributed by atoms with Crippen molar-refractivity contribution in [3.8, 4) is 0 Å². The summed E-state index contributed by atoms with van der Waals surface area (Å²) in [4.78, 5) is 1.99. The lowest BCUT2D eigenvalue weighted by atomic mass is 10.0. The van der Waals surface area contributed by atoms with Crippen LogP contribution < -0.4 is 5.32 Å². The Labute approximate surface area is 124 Å². The fourth-order valence-electron chi connectivity index (χ4n) is 1.88. The average molecular weight is 304 g/mol. The Balaban J connectivity index is 2.40. The summed E-state index contributed by atoms with van der Waals surface area (Å²) in [6.07, 6.45) is -5.08. The minimum Gasteiger partial charge on any atom is -0.379 e. The molecule has 0 aliphatic carbocycles. The number of rotatable bonds is 9. The number of halogens is 3. The highest BCUT2D eigenvalue weighted by molar-refractivity contribution is 5.19. The lowest BCUT2D eigenvalue weighted by Gasteiger charge is -2.21. The van der Waals surface area contributed by atoms with Crippen molar-refractivity contribution in [3.05, 3.63) is 35.9 Å². The summed E-state index contributed by atoms with van der Waals surface area (Å²) in [6, 6.07) is 7.95. The second-order valence-corrected chi connectivity index (χ2v) is 5.15. The quantitative estimate of drug-likeness (QED) is 0.710. The Morgan fingerprint density at radius 1 is 1.14 bits per heavy atom. The Hall–Kier alpha value is -1.11. The zero-order valence-corrected chi connectivity index (χ0v) is 12.5. The minimum atomic E-state index is -4.20. The second-order valence-electron chi connectivity index (χ2n) is 5.15. The maximum Gasteiger partial charge on any atom is 0.390 e. The third-order valence-electron chi connectivity index (χ3n) is 2.96. The van der Waals surface area contributed by atoms with E-state index in [-0.39, 0.29) is 0 Å². The maximum atomic E-state index is 12.6. The first-order valence-corrected chi connectivity index (χ1v) is 6.96. The molecule has 0 radical (unpaired) electrons. The largest absolute Gasteiger partial charge is 0.390 e. The van der Waals surface area contributed by atoms with Crippen molar-refractivity contribution in [3.63, 3.8) is 0 Å². The molecular formula is C15H23F3N2O. The molecule has 6 heteroatoms. The molecule has 1 aromatic rings. The van der Waals surface area contributed by atoms with Crippen LogP contribution in [0.25, 0.3) is 0 Å². The number of nitrogens with one attached hydrogen (secondary N) is 1. The van der Waals surface area contributed by atoms with Crippen molar-refractivity contribution in [1.29, 1.82) is 0 Å². The molecule has 1 atom stereocenters. The van der Waals surface area contributed by atoms with Crippen LogP contribution in [0.2, 0.25) is 0 Å². The van der Waals surface area contributed by atoms with Crippen molar-refractivity contribution in [2.75, 3.05) is 40.4 Å². The van der Waals surface area contributed by atoms with Crippen LogP contribution in [0.15, 0.2) is 30.3 Å². The van der Waals surface area contributed by atoms with Gasteiger partial charge in [0.25, 0.3) is 0 Å². The molecule has 3 nitrogen and oxygen atoms in total. The van der Waals surface area contributed by atoms with Crippen molar-refractivity contribution < 1.29 is 17.9 Å². The van der Waals surface area contributed by atoms with Crippen LogP contribution in [0.4, 0.5) is 13.2 Å². The molecule has 0 aromatic heterocycles.